The number of para-hydroxylation sites is 2. The largest absolute Gasteiger partial charge is 0.462 e. The Labute approximate surface area is 186 Å². The number of nitrogens with one attached hydrogen (secondary N) is 1. The van der Waals surface area contributed by atoms with E-state index in [1.807, 2.05) is 13.0 Å². The van der Waals surface area contributed by atoms with Crippen LogP contribution in [0.3, 0.4) is 0 Å². The number of anilines is 4. The van der Waals surface area contributed by atoms with Crippen LogP contribution < -0.4 is 16.0 Å². The molecule has 0 aliphatic carbocycles. The van der Waals surface area contributed by atoms with E-state index in [1.54, 1.807) is 72.8 Å². The highest BCUT2D eigenvalue weighted by atomic mass is 16.5. The highest BCUT2D eigenvalue weighted by Gasteiger charge is 2.26. The summed E-state index contributed by atoms with van der Waals surface area (Å²) in [5, 5.41) is 2.56. The second-order valence-electron chi connectivity index (χ2n) is 7.06. The SMILES string of the molecule is CCCCOC(=O)c1ccccc1NC(=O)C(=O)N(c1ccccc1)c1ccc(N)cc1. The molecule has 3 aromatic carbocycles. The third-order valence-corrected chi connectivity index (χ3v) is 4.69. The summed E-state index contributed by atoms with van der Waals surface area (Å²) in [7, 11) is 0. The molecule has 7 nitrogen and oxygen atoms in total. The van der Waals surface area contributed by atoms with Gasteiger partial charge in [-0.25, -0.2) is 4.79 Å². The average Bonchev–Trinajstić information content (AvgIpc) is 2.81. The van der Waals surface area contributed by atoms with Crippen LogP contribution in [0.25, 0.3) is 0 Å². The van der Waals surface area contributed by atoms with Crippen LogP contribution in [0.15, 0.2) is 78.9 Å². The van der Waals surface area contributed by atoms with Crippen molar-refractivity contribution in [2.75, 3.05) is 22.6 Å². The number of hydrogen-bond acceptors (Lipinski definition) is 5. The fourth-order valence-corrected chi connectivity index (χ4v) is 3.02. The number of nitrogen functional groups attached to an aromatic ring is 1. The Hall–Kier alpha value is -4.13. The summed E-state index contributed by atoms with van der Waals surface area (Å²) in [5.74, 6) is -2.25. The molecule has 3 rings (SSSR count). The smallest absolute Gasteiger partial charge is 0.340 e. The van der Waals surface area contributed by atoms with Crippen molar-refractivity contribution >= 4 is 40.5 Å². The summed E-state index contributed by atoms with van der Waals surface area (Å²) >= 11 is 0. The zero-order valence-corrected chi connectivity index (χ0v) is 17.8. The quantitative estimate of drug-likeness (QED) is 0.248. The molecule has 3 aromatic rings. The Bertz CT molecular complexity index is 1080. The molecule has 164 valence electrons. The fourth-order valence-electron chi connectivity index (χ4n) is 3.02. The zero-order chi connectivity index (χ0) is 22.9. The van der Waals surface area contributed by atoms with Gasteiger partial charge < -0.3 is 15.8 Å². The Kier molecular flexibility index (Phi) is 7.59. The molecule has 0 aliphatic heterocycles. The maximum absolute atomic E-state index is 13.2. The fraction of sp³-hybridized carbons (Fsp3) is 0.160. The number of nitrogens with zero attached hydrogens (tertiary/aromatic N) is 1. The molecule has 2 amide bonds. The van der Waals surface area contributed by atoms with Crippen molar-refractivity contribution in [2.45, 2.75) is 19.8 Å². The molecule has 0 unspecified atom stereocenters. The van der Waals surface area contributed by atoms with Crippen LogP contribution >= 0.6 is 0 Å². The van der Waals surface area contributed by atoms with Gasteiger partial charge >= 0.3 is 17.8 Å². The minimum absolute atomic E-state index is 0.184. The Morgan fingerprint density at radius 1 is 0.875 bits per heavy atom. The predicted molar refractivity (Wildman–Crippen MR) is 125 cm³/mol. The van der Waals surface area contributed by atoms with Gasteiger partial charge in [0.25, 0.3) is 0 Å². The van der Waals surface area contributed by atoms with E-state index in [4.69, 9.17) is 10.5 Å². The van der Waals surface area contributed by atoms with Crippen molar-refractivity contribution in [2.24, 2.45) is 0 Å². The molecular formula is C25H25N3O4. The van der Waals surface area contributed by atoms with Crippen LogP contribution in [-0.4, -0.2) is 24.4 Å². The molecule has 7 heteroatoms. The van der Waals surface area contributed by atoms with Crippen LogP contribution in [0.4, 0.5) is 22.7 Å². The summed E-state index contributed by atoms with van der Waals surface area (Å²) in [4.78, 5) is 39.8. The molecule has 0 bridgehead atoms. The normalized spacial score (nSPS) is 10.3. The van der Waals surface area contributed by atoms with Gasteiger partial charge in [-0.05, 0) is 55.0 Å². The number of ether oxygens (including phenoxy) is 1. The van der Waals surface area contributed by atoms with Crippen LogP contribution in [0.2, 0.25) is 0 Å². The second-order valence-corrected chi connectivity index (χ2v) is 7.06. The Morgan fingerprint density at radius 3 is 2.19 bits per heavy atom. The maximum atomic E-state index is 13.2. The van der Waals surface area contributed by atoms with E-state index >= 15 is 0 Å². The number of hydrogen-bond donors (Lipinski definition) is 2. The third kappa shape index (κ3) is 5.51. The van der Waals surface area contributed by atoms with Crippen molar-refractivity contribution in [3.05, 3.63) is 84.4 Å². The Balaban J connectivity index is 1.85. The molecule has 0 atom stereocenters. The van der Waals surface area contributed by atoms with Crippen LogP contribution in [-0.2, 0) is 14.3 Å². The van der Waals surface area contributed by atoms with E-state index in [1.165, 1.54) is 4.90 Å². The molecule has 0 fully saturated rings. The molecule has 0 heterocycles. The van der Waals surface area contributed by atoms with Gasteiger partial charge in [-0.1, -0.05) is 43.7 Å². The molecule has 0 aromatic heterocycles. The first-order valence-corrected chi connectivity index (χ1v) is 10.3. The van der Waals surface area contributed by atoms with E-state index in [0.717, 1.165) is 12.8 Å². The number of benzene rings is 3. The molecular weight excluding hydrogens is 406 g/mol. The predicted octanol–water partition coefficient (Wildman–Crippen LogP) is 4.53. The molecule has 0 saturated heterocycles. The van der Waals surface area contributed by atoms with Crippen LogP contribution in [0.1, 0.15) is 30.1 Å². The number of nitrogens with two attached hydrogens (primary N) is 1. The summed E-state index contributed by atoms with van der Waals surface area (Å²) in [6.45, 7) is 2.28. The van der Waals surface area contributed by atoms with E-state index in [2.05, 4.69) is 5.32 Å². The minimum Gasteiger partial charge on any atom is -0.462 e. The van der Waals surface area contributed by atoms with Gasteiger partial charge in [-0.2, -0.15) is 0 Å². The highest BCUT2D eigenvalue weighted by Crippen LogP contribution is 2.27. The number of rotatable bonds is 7. The number of carbonyl (C=O) groups excluding carboxylic acids is 3. The molecule has 0 saturated carbocycles. The lowest BCUT2D eigenvalue weighted by Gasteiger charge is -2.22. The summed E-state index contributed by atoms with van der Waals surface area (Å²) < 4.78 is 5.25. The molecule has 32 heavy (non-hydrogen) atoms. The molecule has 0 aliphatic rings. The van der Waals surface area contributed by atoms with Crippen molar-refractivity contribution < 1.29 is 19.1 Å². The summed E-state index contributed by atoms with van der Waals surface area (Å²) in [6.07, 6.45) is 1.63. The minimum atomic E-state index is -0.889. The highest BCUT2D eigenvalue weighted by molar-refractivity contribution is 6.46. The Morgan fingerprint density at radius 2 is 1.50 bits per heavy atom. The third-order valence-electron chi connectivity index (χ3n) is 4.69. The van der Waals surface area contributed by atoms with Gasteiger partial charge in [0.15, 0.2) is 0 Å². The number of esters is 1. The van der Waals surface area contributed by atoms with Crippen molar-refractivity contribution in [1.82, 2.24) is 0 Å². The monoisotopic (exact) mass is 431 g/mol. The second kappa shape index (κ2) is 10.8. The molecule has 0 spiro atoms. The van der Waals surface area contributed by atoms with E-state index in [-0.39, 0.29) is 17.9 Å². The number of carbonyl (C=O) groups is 3. The van der Waals surface area contributed by atoms with E-state index in [9.17, 15) is 14.4 Å². The number of amides is 2. The van der Waals surface area contributed by atoms with Crippen molar-refractivity contribution in [3.8, 4) is 0 Å². The van der Waals surface area contributed by atoms with Gasteiger partial charge in [0.05, 0.1) is 17.9 Å². The molecule has 3 N–H and O–H groups in total. The first kappa shape index (κ1) is 22.6. The van der Waals surface area contributed by atoms with Gasteiger partial charge in [0.1, 0.15) is 0 Å². The first-order chi connectivity index (χ1) is 15.5. The van der Waals surface area contributed by atoms with E-state index in [0.29, 0.717) is 17.1 Å². The lowest BCUT2D eigenvalue weighted by atomic mass is 10.1. The average molecular weight is 431 g/mol. The number of unbranched alkanes of at least 4 members (excludes halogenated alkanes) is 1. The lowest BCUT2D eigenvalue weighted by molar-refractivity contribution is -0.134. The summed E-state index contributed by atoms with van der Waals surface area (Å²) in [5.41, 5.74) is 7.69. The molecule has 0 radical (unpaired) electrons. The van der Waals surface area contributed by atoms with Crippen LogP contribution in [0.5, 0.6) is 0 Å². The van der Waals surface area contributed by atoms with E-state index < -0.39 is 17.8 Å². The van der Waals surface area contributed by atoms with Gasteiger partial charge in [0, 0.05) is 17.1 Å². The standard InChI is InChI=1S/C25H25N3O4/c1-2-3-17-32-25(31)21-11-7-8-12-22(21)27-23(29)24(30)28(19-9-5-4-6-10-19)20-15-13-18(26)14-16-20/h4-16H,2-3,17,26H2,1H3,(H,27,29). The van der Waals surface area contributed by atoms with Crippen molar-refractivity contribution in [3.63, 3.8) is 0 Å². The van der Waals surface area contributed by atoms with Gasteiger partial charge in [-0.15, -0.1) is 0 Å². The summed E-state index contributed by atoms with van der Waals surface area (Å²) in [6, 6.07) is 21.8. The van der Waals surface area contributed by atoms with Crippen LogP contribution in [0, 0.1) is 0 Å². The lowest BCUT2D eigenvalue weighted by Crippen LogP contribution is -2.37. The zero-order valence-electron chi connectivity index (χ0n) is 17.8. The maximum Gasteiger partial charge on any atom is 0.340 e. The van der Waals surface area contributed by atoms with Gasteiger partial charge in [-0.3, -0.25) is 14.5 Å². The first-order valence-electron chi connectivity index (χ1n) is 10.3. The van der Waals surface area contributed by atoms with Crippen molar-refractivity contribution in [1.29, 1.82) is 0 Å². The topological polar surface area (TPSA) is 102 Å². The van der Waals surface area contributed by atoms with Gasteiger partial charge in [0.2, 0.25) is 0 Å².